The minimum atomic E-state index is -0.332. The minimum Gasteiger partial charge on any atom is -0.484 e. The summed E-state index contributed by atoms with van der Waals surface area (Å²) in [7, 11) is 0. The smallest absolute Gasteiger partial charge is 0.277 e. The van der Waals surface area contributed by atoms with Crippen molar-refractivity contribution < 1.29 is 9.53 Å². The molecule has 1 aromatic heterocycles. The first-order valence-corrected chi connectivity index (χ1v) is 11.9. The molecule has 1 heterocycles. The number of nitrogens with zero attached hydrogens (tertiary/aromatic N) is 3. The van der Waals surface area contributed by atoms with Crippen molar-refractivity contribution in [2.24, 2.45) is 5.10 Å². The average molecular weight is 467 g/mol. The molecule has 4 rings (SSSR count). The Morgan fingerprint density at radius 2 is 1.71 bits per heavy atom. The van der Waals surface area contributed by atoms with Gasteiger partial charge in [0.1, 0.15) is 11.4 Å². The van der Waals surface area contributed by atoms with Crippen LogP contribution in [-0.4, -0.2) is 28.5 Å². The maximum Gasteiger partial charge on any atom is 0.277 e. The van der Waals surface area contributed by atoms with Crippen molar-refractivity contribution in [1.29, 1.82) is 0 Å². The molecule has 1 atom stereocenters. The Morgan fingerprint density at radius 3 is 2.40 bits per heavy atom. The lowest BCUT2D eigenvalue weighted by Gasteiger charge is -2.11. The highest BCUT2D eigenvalue weighted by Gasteiger charge is 2.11. The fraction of sp³-hybridized carbons (Fsp3) is 0.207. The monoisotopic (exact) mass is 466 g/mol. The van der Waals surface area contributed by atoms with E-state index in [0.29, 0.717) is 11.7 Å². The van der Waals surface area contributed by atoms with Gasteiger partial charge in [-0.25, -0.2) is 10.1 Å². The number of hydrogen-bond donors (Lipinski definition) is 1. The minimum absolute atomic E-state index is 0.115. The molecule has 0 bridgehead atoms. The highest BCUT2D eigenvalue weighted by Crippen LogP contribution is 2.23. The van der Waals surface area contributed by atoms with Crippen molar-refractivity contribution in [1.82, 2.24) is 15.2 Å². The number of aromatic nitrogens is 2. The van der Waals surface area contributed by atoms with E-state index in [-0.39, 0.29) is 12.5 Å². The number of hydrogen-bond acceptors (Lipinski definition) is 4. The number of amides is 1. The summed E-state index contributed by atoms with van der Waals surface area (Å²) in [6.07, 6.45) is 5.80. The van der Waals surface area contributed by atoms with Crippen LogP contribution in [0.4, 0.5) is 0 Å². The van der Waals surface area contributed by atoms with Gasteiger partial charge in [-0.15, -0.1) is 0 Å². The fourth-order valence-corrected chi connectivity index (χ4v) is 3.86. The lowest BCUT2D eigenvalue weighted by molar-refractivity contribution is -0.123. The molecule has 1 N–H and O–H groups in total. The van der Waals surface area contributed by atoms with Crippen molar-refractivity contribution >= 4 is 12.1 Å². The second kappa shape index (κ2) is 11.8. The van der Waals surface area contributed by atoms with Crippen LogP contribution in [0.15, 0.2) is 96.2 Å². The molecule has 0 unspecified atom stereocenters. The molecule has 6 nitrogen and oxygen atoms in total. The number of benzene rings is 3. The van der Waals surface area contributed by atoms with Crippen LogP contribution in [0.2, 0.25) is 0 Å². The van der Waals surface area contributed by atoms with Crippen LogP contribution >= 0.6 is 0 Å². The zero-order valence-corrected chi connectivity index (χ0v) is 20.1. The molecule has 6 heteroatoms. The second-order valence-corrected chi connectivity index (χ2v) is 8.42. The van der Waals surface area contributed by atoms with Gasteiger partial charge in [0.15, 0.2) is 6.61 Å². The van der Waals surface area contributed by atoms with Gasteiger partial charge >= 0.3 is 0 Å². The summed E-state index contributed by atoms with van der Waals surface area (Å²) in [6.45, 7) is 4.29. The molecule has 35 heavy (non-hydrogen) atoms. The van der Waals surface area contributed by atoms with E-state index < -0.39 is 0 Å². The third-order valence-electron chi connectivity index (χ3n) is 5.74. The molecule has 178 valence electrons. The molecule has 0 spiro atoms. The first kappa shape index (κ1) is 24.0. The number of carbonyl (C=O) groups excluding carboxylic acids is 1. The van der Waals surface area contributed by atoms with Gasteiger partial charge < -0.3 is 4.74 Å². The Morgan fingerprint density at radius 1 is 1.03 bits per heavy atom. The van der Waals surface area contributed by atoms with Crippen molar-refractivity contribution in [2.75, 3.05) is 6.61 Å². The molecule has 1 amide bonds. The predicted molar refractivity (Wildman–Crippen MR) is 140 cm³/mol. The van der Waals surface area contributed by atoms with Crippen LogP contribution in [-0.2, 0) is 4.79 Å². The summed E-state index contributed by atoms with van der Waals surface area (Å²) in [4.78, 5) is 12.3. The average Bonchev–Trinajstić information content (AvgIpc) is 3.33. The maximum atomic E-state index is 12.3. The Kier molecular flexibility index (Phi) is 8.07. The van der Waals surface area contributed by atoms with Crippen molar-refractivity contribution in [2.45, 2.75) is 32.6 Å². The lowest BCUT2D eigenvalue weighted by atomic mass is 9.97. The highest BCUT2D eigenvalue weighted by molar-refractivity contribution is 5.89. The molecule has 0 saturated carbocycles. The molecule has 0 radical (unpaired) electrons. The lowest BCUT2D eigenvalue weighted by Crippen LogP contribution is -2.24. The van der Waals surface area contributed by atoms with Gasteiger partial charge in [-0.2, -0.15) is 10.2 Å². The normalized spacial score (nSPS) is 11.9. The van der Waals surface area contributed by atoms with E-state index in [2.05, 4.69) is 36.5 Å². The van der Waals surface area contributed by atoms with Crippen LogP contribution in [0.5, 0.6) is 5.75 Å². The van der Waals surface area contributed by atoms with Crippen molar-refractivity contribution in [3.8, 4) is 22.7 Å². The number of rotatable bonds is 10. The molecule has 0 aliphatic heterocycles. The summed E-state index contributed by atoms with van der Waals surface area (Å²) in [6, 6.07) is 27.7. The molecule has 0 aliphatic rings. The molecule has 0 saturated heterocycles. The van der Waals surface area contributed by atoms with Crippen LogP contribution in [0.25, 0.3) is 16.9 Å². The number of ether oxygens (including phenoxy) is 1. The predicted octanol–water partition coefficient (Wildman–Crippen LogP) is 5.97. The van der Waals surface area contributed by atoms with Gasteiger partial charge in [-0.05, 0) is 42.2 Å². The number of hydrazone groups is 1. The van der Waals surface area contributed by atoms with Crippen LogP contribution in [0.3, 0.4) is 0 Å². The van der Waals surface area contributed by atoms with E-state index in [0.717, 1.165) is 35.3 Å². The van der Waals surface area contributed by atoms with Gasteiger partial charge in [0.25, 0.3) is 5.91 Å². The zero-order chi connectivity index (χ0) is 24.5. The third-order valence-corrected chi connectivity index (χ3v) is 5.74. The number of para-hydroxylation sites is 1. The molecule has 0 aliphatic carbocycles. The van der Waals surface area contributed by atoms with Crippen molar-refractivity contribution in [3.63, 3.8) is 0 Å². The maximum absolute atomic E-state index is 12.3. The molecular formula is C29H30N4O2. The first-order valence-electron chi connectivity index (χ1n) is 11.9. The highest BCUT2D eigenvalue weighted by atomic mass is 16.5. The quantitative estimate of drug-likeness (QED) is 0.231. The van der Waals surface area contributed by atoms with Gasteiger partial charge in [0, 0.05) is 17.3 Å². The zero-order valence-electron chi connectivity index (χ0n) is 20.1. The molecular weight excluding hydrogens is 436 g/mol. The third kappa shape index (κ3) is 6.44. The van der Waals surface area contributed by atoms with Gasteiger partial charge in [-0.3, -0.25) is 4.79 Å². The second-order valence-electron chi connectivity index (χ2n) is 8.42. The van der Waals surface area contributed by atoms with Gasteiger partial charge in [0.05, 0.1) is 11.9 Å². The van der Waals surface area contributed by atoms with E-state index in [9.17, 15) is 4.79 Å². The largest absolute Gasteiger partial charge is 0.484 e. The first-order chi connectivity index (χ1) is 17.1. The standard InChI is InChI=1S/C29H30N4O2/c1-3-10-22(2)23-15-17-27(18-16-23)35-21-28(34)31-30-19-25-20-33(26-13-8-5-9-14-26)32-29(25)24-11-6-4-7-12-24/h4-9,11-20,22H,3,10,21H2,1-2H3,(H,31,34)/t22-/m1/s1. The summed E-state index contributed by atoms with van der Waals surface area (Å²) in [5, 5.41) is 8.89. The Balaban J connectivity index is 1.39. The summed E-state index contributed by atoms with van der Waals surface area (Å²) >= 11 is 0. The van der Waals surface area contributed by atoms with Gasteiger partial charge in [-0.1, -0.05) is 80.9 Å². The fourth-order valence-electron chi connectivity index (χ4n) is 3.86. The molecule has 3 aromatic carbocycles. The summed E-state index contributed by atoms with van der Waals surface area (Å²) in [5.41, 5.74) is 7.30. The van der Waals surface area contributed by atoms with E-state index in [4.69, 9.17) is 9.84 Å². The summed E-state index contributed by atoms with van der Waals surface area (Å²) in [5.74, 6) is 0.840. The molecule has 0 fully saturated rings. The van der Waals surface area contributed by atoms with Gasteiger partial charge in [0.2, 0.25) is 0 Å². The van der Waals surface area contributed by atoms with E-state index in [1.165, 1.54) is 5.56 Å². The Hall–Kier alpha value is -4.19. The summed E-state index contributed by atoms with van der Waals surface area (Å²) < 4.78 is 7.42. The van der Waals surface area contributed by atoms with E-state index >= 15 is 0 Å². The van der Waals surface area contributed by atoms with E-state index in [1.807, 2.05) is 79.0 Å². The SMILES string of the molecule is CCC[C@@H](C)c1ccc(OCC(=O)NN=Cc2cn(-c3ccccc3)nc2-c2ccccc2)cc1. The number of nitrogens with one attached hydrogen (secondary N) is 1. The van der Waals surface area contributed by atoms with Crippen molar-refractivity contribution in [3.05, 3.63) is 102 Å². The van der Waals surface area contributed by atoms with Crippen LogP contribution < -0.4 is 10.2 Å². The van der Waals surface area contributed by atoms with Crippen LogP contribution in [0, 0.1) is 0 Å². The molecule has 4 aromatic rings. The number of carbonyl (C=O) groups is 1. The van der Waals surface area contributed by atoms with E-state index in [1.54, 1.807) is 10.9 Å². The Bertz CT molecular complexity index is 1250. The van der Waals surface area contributed by atoms with Crippen LogP contribution in [0.1, 0.15) is 43.7 Å². The Labute approximate surface area is 206 Å². The topological polar surface area (TPSA) is 68.5 Å².